The van der Waals surface area contributed by atoms with Crippen LogP contribution in [0.1, 0.15) is 0 Å². The lowest BCUT2D eigenvalue weighted by molar-refractivity contribution is -0.122. The molecule has 0 radical (unpaired) electrons. The highest BCUT2D eigenvalue weighted by molar-refractivity contribution is 6.35. The summed E-state index contributed by atoms with van der Waals surface area (Å²) in [6.07, 6.45) is 1.40. The molecule has 4 rings (SSSR count). The largest absolute Gasteiger partial charge is 0.497 e. The summed E-state index contributed by atoms with van der Waals surface area (Å²) < 4.78 is 10.7. The molecule has 184 valence electrons. The van der Waals surface area contributed by atoms with Gasteiger partial charge in [-0.25, -0.2) is 9.97 Å². The topological polar surface area (TPSA) is 118 Å². The number of amides is 1. The van der Waals surface area contributed by atoms with Crippen molar-refractivity contribution in [1.82, 2.24) is 15.4 Å². The summed E-state index contributed by atoms with van der Waals surface area (Å²) in [6.45, 7) is 2.81. The van der Waals surface area contributed by atoms with Gasteiger partial charge >= 0.3 is 0 Å². The van der Waals surface area contributed by atoms with Gasteiger partial charge in [0.05, 0.1) is 12.1 Å². The number of piperazine rings is 1. The van der Waals surface area contributed by atoms with Gasteiger partial charge < -0.3 is 25.0 Å². The van der Waals surface area contributed by atoms with E-state index in [4.69, 9.17) is 38.4 Å². The summed E-state index contributed by atoms with van der Waals surface area (Å²) in [7, 11) is 1.65. The Balaban J connectivity index is 1.30. The molecule has 4 N–H and O–H groups in total. The molecular weight excluding hydrogens is 493 g/mol. The van der Waals surface area contributed by atoms with Crippen molar-refractivity contribution in [3.05, 3.63) is 58.8 Å². The van der Waals surface area contributed by atoms with Crippen molar-refractivity contribution >= 4 is 52.1 Å². The summed E-state index contributed by atoms with van der Waals surface area (Å²) in [5, 5.41) is 0.792. The third-order valence-electron chi connectivity index (χ3n) is 5.45. The molecule has 1 aliphatic rings. The number of carbonyl (C=O) groups excluding carboxylic acids is 1. The van der Waals surface area contributed by atoms with E-state index in [1.54, 1.807) is 19.2 Å². The lowest BCUT2D eigenvalue weighted by Crippen LogP contribution is -2.47. The summed E-state index contributed by atoms with van der Waals surface area (Å²) in [5.74, 6) is 1.64. The van der Waals surface area contributed by atoms with E-state index in [1.807, 2.05) is 24.3 Å². The van der Waals surface area contributed by atoms with Crippen molar-refractivity contribution in [2.75, 3.05) is 60.9 Å². The van der Waals surface area contributed by atoms with Crippen LogP contribution in [0.3, 0.4) is 0 Å². The van der Waals surface area contributed by atoms with E-state index < -0.39 is 5.91 Å². The fraction of sp³-hybridized carbons (Fsp3) is 0.261. The second-order valence-electron chi connectivity index (χ2n) is 7.67. The summed E-state index contributed by atoms with van der Waals surface area (Å²) >= 11 is 11.9. The Morgan fingerprint density at radius 1 is 1.06 bits per heavy atom. The van der Waals surface area contributed by atoms with E-state index >= 15 is 0 Å². The van der Waals surface area contributed by atoms with Crippen LogP contribution in [0.25, 0.3) is 0 Å². The van der Waals surface area contributed by atoms with E-state index in [9.17, 15) is 4.79 Å². The average molecular weight is 518 g/mol. The van der Waals surface area contributed by atoms with Gasteiger partial charge in [-0.1, -0.05) is 23.2 Å². The maximum atomic E-state index is 12.2. The lowest BCUT2D eigenvalue weighted by Gasteiger charge is -2.37. The molecule has 2 aromatic carbocycles. The quantitative estimate of drug-likeness (QED) is 0.387. The van der Waals surface area contributed by atoms with Crippen molar-refractivity contribution in [3.63, 3.8) is 0 Å². The minimum atomic E-state index is -0.441. The molecule has 1 fully saturated rings. The van der Waals surface area contributed by atoms with E-state index in [0.29, 0.717) is 33.1 Å². The Morgan fingerprint density at radius 3 is 2.46 bits per heavy atom. The number of ether oxygens (including phenoxy) is 2. The molecule has 0 atom stereocenters. The first-order chi connectivity index (χ1) is 16.9. The van der Waals surface area contributed by atoms with Gasteiger partial charge in [-0.05, 0) is 42.5 Å². The highest BCUT2D eigenvalue weighted by Gasteiger charge is 2.22. The van der Waals surface area contributed by atoms with Crippen LogP contribution >= 0.6 is 23.2 Å². The van der Waals surface area contributed by atoms with E-state index in [2.05, 4.69) is 30.6 Å². The van der Waals surface area contributed by atoms with Crippen molar-refractivity contribution in [2.24, 2.45) is 0 Å². The molecule has 1 aromatic heterocycles. The minimum absolute atomic E-state index is 0.264. The van der Waals surface area contributed by atoms with Gasteiger partial charge in [-0.2, -0.15) is 0 Å². The molecule has 1 amide bonds. The number of methoxy groups -OCH3 is 1. The number of aromatic nitrogens is 2. The van der Waals surface area contributed by atoms with Gasteiger partial charge in [0.2, 0.25) is 0 Å². The smallest absolute Gasteiger partial charge is 0.276 e. The first-order valence-electron chi connectivity index (χ1n) is 10.8. The normalized spacial score (nSPS) is 13.3. The van der Waals surface area contributed by atoms with Crippen LogP contribution in [-0.2, 0) is 4.79 Å². The Bertz CT molecular complexity index is 1170. The molecule has 35 heavy (non-hydrogen) atoms. The fourth-order valence-electron chi connectivity index (χ4n) is 3.61. The molecule has 1 saturated heterocycles. The maximum absolute atomic E-state index is 12.2. The Morgan fingerprint density at radius 2 is 1.77 bits per heavy atom. The van der Waals surface area contributed by atoms with Crippen molar-refractivity contribution < 1.29 is 14.3 Å². The zero-order chi connectivity index (χ0) is 24.8. The van der Waals surface area contributed by atoms with E-state index in [-0.39, 0.29) is 6.61 Å². The number of hydrogen-bond acceptors (Lipinski definition) is 9. The number of nitrogens with zero attached hydrogens (tertiary/aromatic N) is 4. The number of rotatable bonds is 8. The standard InChI is InChI=1S/C23H25Cl2N7O3/c1-34-17-5-3-16(4-6-17)31-8-10-32(11-9-31)23-21(26)22(27-14-28-23)30-29-20(33)13-35-19-7-2-15(24)12-18(19)25/h2-7,12,14H,8-11,13,26H2,1H3,(H,29,33)(H,27,28,30). The van der Waals surface area contributed by atoms with E-state index in [0.717, 1.165) is 37.6 Å². The second kappa shape index (κ2) is 11.2. The van der Waals surface area contributed by atoms with Crippen molar-refractivity contribution in [2.45, 2.75) is 0 Å². The predicted molar refractivity (Wildman–Crippen MR) is 138 cm³/mol. The number of halogens is 2. The minimum Gasteiger partial charge on any atom is -0.497 e. The summed E-state index contributed by atoms with van der Waals surface area (Å²) in [6, 6.07) is 12.7. The van der Waals surface area contributed by atoms with Gasteiger partial charge in [-0.15, -0.1) is 0 Å². The van der Waals surface area contributed by atoms with Crippen LogP contribution in [0.15, 0.2) is 48.8 Å². The van der Waals surface area contributed by atoms with Crippen LogP contribution in [0.5, 0.6) is 11.5 Å². The maximum Gasteiger partial charge on any atom is 0.276 e. The Kier molecular flexibility index (Phi) is 7.84. The number of benzene rings is 2. The first-order valence-corrected chi connectivity index (χ1v) is 11.6. The number of nitrogens with one attached hydrogen (secondary N) is 2. The molecule has 0 bridgehead atoms. The number of hydrogen-bond donors (Lipinski definition) is 3. The molecular formula is C23H25Cl2N7O3. The molecule has 0 saturated carbocycles. The van der Waals surface area contributed by atoms with Gasteiger partial charge in [0.15, 0.2) is 18.2 Å². The molecule has 12 heteroatoms. The molecule has 3 aromatic rings. The van der Waals surface area contributed by atoms with Crippen LogP contribution in [0.2, 0.25) is 10.0 Å². The average Bonchev–Trinajstić information content (AvgIpc) is 2.88. The molecule has 2 heterocycles. The van der Waals surface area contributed by atoms with Crippen molar-refractivity contribution in [3.8, 4) is 11.5 Å². The second-order valence-corrected chi connectivity index (χ2v) is 8.51. The number of anilines is 4. The molecule has 1 aliphatic heterocycles. The van der Waals surface area contributed by atoms with Gasteiger partial charge in [-0.3, -0.25) is 15.6 Å². The van der Waals surface area contributed by atoms with Crippen LogP contribution in [0, 0.1) is 0 Å². The van der Waals surface area contributed by atoms with Gasteiger partial charge in [0.25, 0.3) is 5.91 Å². The molecule has 10 nitrogen and oxygen atoms in total. The Labute approximate surface area is 212 Å². The molecule has 0 aliphatic carbocycles. The highest BCUT2D eigenvalue weighted by Crippen LogP contribution is 2.29. The molecule has 0 unspecified atom stereocenters. The van der Waals surface area contributed by atoms with E-state index in [1.165, 1.54) is 12.4 Å². The van der Waals surface area contributed by atoms with Gasteiger partial charge in [0, 0.05) is 36.9 Å². The van der Waals surface area contributed by atoms with Crippen molar-refractivity contribution in [1.29, 1.82) is 0 Å². The summed E-state index contributed by atoms with van der Waals surface area (Å²) in [4.78, 5) is 25.1. The zero-order valence-corrected chi connectivity index (χ0v) is 20.5. The van der Waals surface area contributed by atoms with Crippen LogP contribution < -0.4 is 35.9 Å². The number of hydrazine groups is 1. The van der Waals surface area contributed by atoms with Crippen LogP contribution in [0.4, 0.5) is 23.0 Å². The molecule has 0 spiro atoms. The highest BCUT2D eigenvalue weighted by atomic mass is 35.5. The number of nitrogens with two attached hydrogens (primary N) is 1. The third-order valence-corrected chi connectivity index (χ3v) is 5.98. The fourth-order valence-corrected chi connectivity index (χ4v) is 4.07. The zero-order valence-electron chi connectivity index (χ0n) is 19.0. The number of nitrogen functional groups attached to an aromatic ring is 1. The number of carbonyl (C=O) groups is 1. The van der Waals surface area contributed by atoms with Gasteiger partial charge in [0.1, 0.15) is 23.5 Å². The predicted octanol–water partition coefficient (Wildman–Crippen LogP) is 3.22. The SMILES string of the molecule is COc1ccc(N2CCN(c3ncnc(NNC(=O)COc4ccc(Cl)cc4Cl)c3N)CC2)cc1. The third kappa shape index (κ3) is 6.09. The lowest BCUT2D eigenvalue weighted by atomic mass is 10.2. The van der Waals surface area contributed by atoms with Crippen LogP contribution in [-0.4, -0.2) is 55.8 Å². The first kappa shape index (κ1) is 24.5. The Hall–Kier alpha value is -3.63. The summed E-state index contributed by atoms with van der Waals surface area (Å²) in [5.41, 5.74) is 13.0. The monoisotopic (exact) mass is 517 g/mol.